The van der Waals surface area contributed by atoms with Crippen molar-refractivity contribution in [3.63, 3.8) is 0 Å². The van der Waals surface area contributed by atoms with Crippen LogP contribution in [0.3, 0.4) is 0 Å². The van der Waals surface area contributed by atoms with E-state index in [0.29, 0.717) is 45.0 Å². The van der Waals surface area contributed by atoms with Crippen molar-refractivity contribution in [2.45, 2.75) is 20.5 Å². The van der Waals surface area contributed by atoms with Gasteiger partial charge < -0.3 is 14.8 Å². The van der Waals surface area contributed by atoms with E-state index >= 15 is 0 Å². The van der Waals surface area contributed by atoms with Crippen molar-refractivity contribution in [3.05, 3.63) is 86.2 Å². The summed E-state index contributed by atoms with van der Waals surface area (Å²) in [5.74, 6) is 0.794. The predicted octanol–water partition coefficient (Wildman–Crippen LogP) is 4.95. The SMILES string of the molecule is CCOc1ccc(C(=O)Nc2cc(Cl)ccc2OCc2cc(=O)n3cc(C)sc3n2)cc1. The molecule has 32 heavy (non-hydrogen) atoms. The zero-order chi connectivity index (χ0) is 22.7. The van der Waals surface area contributed by atoms with E-state index < -0.39 is 0 Å². The molecule has 0 unspecified atom stereocenters. The highest BCUT2D eigenvalue weighted by atomic mass is 35.5. The van der Waals surface area contributed by atoms with Gasteiger partial charge in [-0.3, -0.25) is 14.0 Å². The molecule has 0 aliphatic rings. The largest absolute Gasteiger partial charge is 0.494 e. The summed E-state index contributed by atoms with van der Waals surface area (Å²) < 4.78 is 12.8. The van der Waals surface area contributed by atoms with Crippen molar-refractivity contribution in [1.29, 1.82) is 0 Å². The number of nitrogens with one attached hydrogen (secondary N) is 1. The molecule has 0 aliphatic heterocycles. The van der Waals surface area contributed by atoms with Gasteiger partial charge in [-0.25, -0.2) is 4.98 Å². The molecule has 4 aromatic rings. The zero-order valence-corrected chi connectivity index (χ0v) is 19.0. The average Bonchev–Trinajstić information content (AvgIpc) is 3.15. The molecule has 0 atom stereocenters. The molecule has 0 saturated heterocycles. The number of hydrogen-bond acceptors (Lipinski definition) is 6. The van der Waals surface area contributed by atoms with E-state index in [2.05, 4.69) is 10.3 Å². The second-order valence-corrected chi connectivity index (χ2v) is 8.57. The molecule has 4 rings (SSSR count). The molecule has 9 heteroatoms. The monoisotopic (exact) mass is 469 g/mol. The van der Waals surface area contributed by atoms with Crippen LogP contribution in [-0.2, 0) is 6.61 Å². The van der Waals surface area contributed by atoms with Crippen LogP contribution in [-0.4, -0.2) is 21.9 Å². The summed E-state index contributed by atoms with van der Waals surface area (Å²) in [4.78, 5) is 31.1. The normalized spacial score (nSPS) is 10.8. The number of hydrogen-bond donors (Lipinski definition) is 1. The van der Waals surface area contributed by atoms with Gasteiger partial charge in [-0.05, 0) is 56.3 Å². The van der Waals surface area contributed by atoms with Gasteiger partial charge in [0.1, 0.15) is 18.1 Å². The van der Waals surface area contributed by atoms with Gasteiger partial charge in [0.15, 0.2) is 4.96 Å². The lowest BCUT2D eigenvalue weighted by atomic mass is 10.2. The lowest BCUT2D eigenvalue weighted by Crippen LogP contribution is -2.15. The number of aromatic nitrogens is 2. The lowest BCUT2D eigenvalue weighted by Gasteiger charge is -2.13. The molecule has 7 nitrogen and oxygen atoms in total. The smallest absolute Gasteiger partial charge is 0.258 e. The number of halogens is 1. The summed E-state index contributed by atoms with van der Waals surface area (Å²) in [6.45, 7) is 4.43. The Hall–Kier alpha value is -3.36. The number of aryl methyl sites for hydroxylation is 1. The van der Waals surface area contributed by atoms with E-state index in [1.165, 1.54) is 21.8 Å². The Bertz CT molecular complexity index is 1330. The molecule has 2 aromatic carbocycles. The summed E-state index contributed by atoms with van der Waals surface area (Å²) in [5.41, 5.74) is 1.21. The fourth-order valence-corrected chi connectivity index (χ4v) is 4.10. The highest BCUT2D eigenvalue weighted by Gasteiger charge is 2.13. The van der Waals surface area contributed by atoms with Crippen molar-refractivity contribution < 1.29 is 14.3 Å². The first-order chi connectivity index (χ1) is 15.4. The topological polar surface area (TPSA) is 81.9 Å². The summed E-state index contributed by atoms with van der Waals surface area (Å²) in [5, 5.41) is 3.28. The minimum atomic E-state index is -0.313. The van der Waals surface area contributed by atoms with E-state index in [1.807, 2.05) is 13.8 Å². The van der Waals surface area contributed by atoms with Gasteiger partial charge >= 0.3 is 0 Å². The van der Waals surface area contributed by atoms with Crippen molar-refractivity contribution in [2.75, 3.05) is 11.9 Å². The average molecular weight is 470 g/mol. The van der Waals surface area contributed by atoms with Crippen LogP contribution < -0.4 is 20.3 Å². The fourth-order valence-electron chi connectivity index (χ4n) is 3.07. The van der Waals surface area contributed by atoms with Gasteiger partial charge in [0.05, 0.1) is 18.0 Å². The van der Waals surface area contributed by atoms with Gasteiger partial charge in [-0.1, -0.05) is 11.6 Å². The fraction of sp³-hybridized carbons (Fsp3) is 0.174. The molecule has 0 radical (unpaired) electrons. The van der Waals surface area contributed by atoms with Crippen LogP contribution in [0.2, 0.25) is 5.02 Å². The maximum absolute atomic E-state index is 12.7. The number of nitrogens with zero attached hydrogens (tertiary/aromatic N) is 2. The van der Waals surface area contributed by atoms with Crippen LogP contribution >= 0.6 is 22.9 Å². The van der Waals surface area contributed by atoms with Crippen LogP contribution in [0.15, 0.2) is 59.5 Å². The summed E-state index contributed by atoms with van der Waals surface area (Å²) in [6, 6.07) is 13.2. The van der Waals surface area contributed by atoms with Crippen LogP contribution in [0.4, 0.5) is 5.69 Å². The van der Waals surface area contributed by atoms with Crippen LogP contribution in [0.5, 0.6) is 11.5 Å². The third-order valence-corrected chi connectivity index (χ3v) is 5.66. The molecule has 0 aliphatic carbocycles. The van der Waals surface area contributed by atoms with Crippen molar-refractivity contribution in [3.8, 4) is 11.5 Å². The van der Waals surface area contributed by atoms with E-state index in [9.17, 15) is 9.59 Å². The first-order valence-electron chi connectivity index (χ1n) is 9.88. The number of carbonyl (C=O) groups excluding carboxylic acids is 1. The molecular formula is C23H20ClN3O4S. The molecule has 0 spiro atoms. The maximum Gasteiger partial charge on any atom is 0.258 e. The van der Waals surface area contributed by atoms with Crippen molar-refractivity contribution >= 4 is 39.5 Å². The van der Waals surface area contributed by atoms with E-state index in [1.54, 1.807) is 48.7 Å². The number of amides is 1. The Morgan fingerprint density at radius 2 is 1.94 bits per heavy atom. The van der Waals surface area contributed by atoms with Crippen molar-refractivity contribution in [2.24, 2.45) is 0 Å². The Labute approximate surface area is 193 Å². The van der Waals surface area contributed by atoms with E-state index in [4.69, 9.17) is 21.1 Å². The third kappa shape index (κ3) is 4.92. The Morgan fingerprint density at radius 1 is 1.16 bits per heavy atom. The van der Waals surface area contributed by atoms with Gasteiger partial charge in [0.25, 0.3) is 11.5 Å². The Balaban J connectivity index is 1.52. The molecule has 2 heterocycles. The second-order valence-electron chi connectivity index (χ2n) is 6.92. The Kier molecular flexibility index (Phi) is 6.43. The van der Waals surface area contributed by atoms with Gasteiger partial charge in [-0.2, -0.15) is 0 Å². The van der Waals surface area contributed by atoms with Crippen LogP contribution in [0, 0.1) is 6.92 Å². The zero-order valence-electron chi connectivity index (χ0n) is 17.4. The highest BCUT2D eigenvalue weighted by molar-refractivity contribution is 7.16. The number of anilines is 1. The molecule has 0 bridgehead atoms. The summed E-state index contributed by atoms with van der Waals surface area (Å²) >= 11 is 7.56. The number of ether oxygens (including phenoxy) is 2. The quantitative estimate of drug-likeness (QED) is 0.414. The molecule has 1 amide bonds. The number of rotatable bonds is 7. The van der Waals surface area contributed by atoms with E-state index in [0.717, 1.165) is 4.88 Å². The van der Waals surface area contributed by atoms with E-state index in [-0.39, 0.29) is 18.1 Å². The minimum absolute atomic E-state index is 0.0657. The standard InChI is InChI=1S/C23H20ClN3O4S/c1-3-30-18-7-4-15(5-8-18)22(29)26-19-10-16(24)6-9-20(19)31-13-17-11-21(28)27-12-14(2)32-23(27)25-17/h4-12H,3,13H2,1-2H3,(H,26,29). The number of fused-ring (bicyclic) bond motifs is 1. The predicted molar refractivity (Wildman–Crippen MR) is 125 cm³/mol. The molecule has 2 aromatic heterocycles. The summed E-state index contributed by atoms with van der Waals surface area (Å²) in [6.07, 6.45) is 1.76. The van der Waals surface area contributed by atoms with Crippen LogP contribution in [0.25, 0.3) is 4.96 Å². The van der Waals surface area contributed by atoms with Gasteiger partial charge in [0, 0.05) is 27.7 Å². The van der Waals surface area contributed by atoms with Crippen LogP contribution in [0.1, 0.15) is 27.9 Å². The molecule has 1 N–H and O–H groups in total. The van der Waals surface area contributed by atoms with Gasteiger partial charge in [0.2, 0.25) is 0 Å². The first kappa shape index (κ1) is 21.9. The highest BCUT2D eigenvalue weighted by Crippen LogP contribution is 2.29. The molecule has 164 valence electrons. The lowest BCUT2D eigenvalue weighted by molar-refractivity contribution is 0.102. The Morgan fingerprint density at radius 3 is 2.69 bits per heavy atom. The third-order valence-electron chi connectivity index (χ3n) is 4.53. The maximum atomic E-state index is 12.7. The number of benzene rings is 2. The molecular weight excluding hydrogens is 450 g/mol. The van der Waals surface area contributed by atoms with Crippen molar-refractivity contribution in [1.82, 2.24) is 9.38 Å². The number of thiazole rings is 1. The summed E-state index contributed by atoms with van der Waals surface area (Å²) in [7, 11) is 0. The number of carbonyl (C=O) groups is 1. The molecule has 0 saturated carbocycles. The van der Waals surface area contributed by atoms with Gasteiger partial charge in [-0.15, -0.1) is 11.3 Å². The molecule has 0 fully saturated rings. The minimum Gasteiger partial charge on any atom is -0.494 e. The second kappa shape index (κ2) is 9.42. The first-order valence-corrected chi connectivity index (χ1v) is 11.1.